The van der Waals surface area contributed by atoms with Crippen molar-refractivity contribution in [3.8, 4) is 5.75 Å². The second-order valence-corrected chi connectivity index (χ2v) is 7.77. The fourth-order valence-corrected chi connectivity index (χ4v) is 3.87. The van der Waals surface area contributed by atoms with Crippen molar-refractivity contribution in [2.24, 2.45) is 11.7 Å². The van der Waals surface area contributed by atoms with E-state index in [9.17, 15) is 19.8 Å². The van der Waals surface area contributed by atoms with E-state index in [1.807, 2.05) is 6.07 Å². The number of nitrogens with two attached hydrogens (primary N) is 1. The maximum atomic E-state index is 11.5. The number of carbonyl (C=O) groups is 2. The molecule has 7 nitrogen and oxygen atoms in total. The first-order valence-corrected chi connectivity index (χ1v) is 10.4. The Bertz CT molecular complexity index is 833. The molecule has 7 heteroatoms. The highest BCUT2D eigenvalue weighted by Gasteiger charge is 2.45. The van der Waals surface area contributed by atoms with Crippen LogP contribution in [0.2, 0.25) is 0 Å². The van der Waals surface area contributed by atoms with E-state index in [4.69, 9.17) is 10.8 Å². The van der Waals surface area contributed by atoms with Gasteiger partial charge in [-0.05, 0) is 42.5 Å². The molecule has 1 aliphatic rings. The van der Waals surface area contributed by atoms with Gasteiger partial charge < -0.3 is 25.8 Å². The van der Waals surface area contributed by atoms with Crippen molar-refractivity contribution in [2.75, 3.05) is 7.11 Å². The second-order valence-electron chi connectivity index (χ2n) is 7.77. The molecular weight excluding hydrogens is 398 g/mol. The lowest BCUT2D eigenvalue weighted by Crippen LogP contribution is -2.43. The molecule has 0 saturated heterocycles. The Morgan fingerprint density at radius 3 is 2.16 bits per heavy atom. The molecule has 31 heavy (non-hydrogen) atoms. The van der Waals surface area contributed by atoms with Crippen LogP contribution in [0.4, 0.5) is 0 Å². The zero-order valence-corrected chi connectivity index (χ0v) is 17.7. The quantitative estimate of drug-likeness (QED) is 0.519. The number of aliphatic hydroxyl groups is 1. The minimum Gasteiger partial charge on any atom is -0.508 e. The maximum absolute atomic E-state index is 11.5. The lowest BCUT2D eigenvalue weighted by atomic mass is 9.73. The summed E-state index contributed by atoms with van der Waals surface area (Å²) in [5.41, 5.74) is 5.23. The van der Waals surface area contributed by atoms with Gasteiger partial charge in [-0.25, -0.2) is 4.79 Å². The Morgan fingerprint density at radius 1 is 1.06 bits per heavy atom. The van der Waals surface area contributed by atoms with Crippen molar-refractivity contribution in [3.05, 3.63) is 65.7 Å². The number of carboxylic acid groups (broad SMARTS) is 1. The molecule has 0 aromatic heterocycles. The van der Waals surface area contributed by atoms with E-state index < -0.39 is 23.6 Å². The minimum absolute atomic E-state index is 0.170. The van der Waals surface area contributed by atoms with Gasteiger partial charge >= 0.3 is 11.9 Å². The number of benzene rings is 2. The molecule has 0 bridgehead atoms. The summed E-state index contributed by atoms with van der Waals surface area (Å²) in [6.45, 7) is 0. The van der Waals surface area contributed by atoms with Crippen molar-refractivity contribution in [2.45, 2.75) is 50.2 Å². The van der Waals surface area contributed by atoms with E-state index in [2.05, 4.69) is 4.74 Å². The number of esters is 1. The zero-order valence-electron chi connectivity index (χ0n) is 17.7. The fourth-order valence-electron chi connectivity index (χ4n) is 3.87. The number of carboxylic acids is 1. The molecule has 5 N–H and O–H groups in total. The first-order chi connectivity index (χ1) is 14.8. The highest BCUT2D eigenvalue weighted by molar-refractivity contribution is 5.79. The van der Waals surface area contributed by atoms with Crippen molar-refractivity contribution >= 4 is 11.9 Å². The molecule has 0 amide bonds. The van der Waals surface area contributed by atoms with Crippen molar-refractivity contribution in [1.82, 2.24) is 0 Å². The molecular formula is C24H31NO6. The molecule has 2 aromatic carbocycles. The minimum atomic E-state index is -1.72. The number of hydrogen-bond acceptors (Lipinski definition) is 6. The first-order valence-electron chi connectivity index (χ1n) is 10.4. The third kappa shape index (κ3) is 6.54. The Morgan fingerprint density at radius 2 is 1.65 bits per heavy atom. The van der Waals surface area contributed by atoms with Gasteiger partial charge in [0.05, 0.1) is 7.11 Å². The van der Waals surface area contributed by atoms with Crippen molar-refractivity contribution in [1.29, 1.82) is 0 Å². The number of rotatable bonds is 6. The summed E-state index contributed by atoms with van der Waals surface area (Å²) in [7, 11) is 1.30. The van der Waals surface area contributed by atoms with Gasteiger partial charge in [-0.2, -0.15) is 0 Å². The van der Waals surface area contributed by atoms with Crippen LogP contribution in [0.1, 0.15) is 43.2 Å². The van der Waals surface area contributed by atoms with Crippen LogP contribution < -0.4 is 5.73 Å². The monoisotopic (exact) mass is 429 g/mol. The Kier molecular flexibility index (Phi) is 9.03. The number of ether oxygens (including phenoxy) is 1. The fraction of sp³-hybridized carbons (Fsp3) is 0.417. The van der Waals surface area contributed by atoms with Crippen LogP contribution in [0.5, 0.6) is 5.75 Å². The Hall–Kier alpha value is -2.90. The SMILES string of the molecule is COC(=O)[C@H](N)Cc1ccc(O)cc1.O=C(O)[C@](O)(c1ccccc1)C1CCCCC1. The van der Waals surface area contributed by atoms with Gasteiger partial charge in [0.25, 0.3) is 0 Å². The topological polar surface area (TPSA) is 130 Å². The average molecular weight is 430 g/mol. The van der Waals surface area contributed by atoms with Crippen molar-refractivity contribution < 1.29 is 29.6 Å². The van der Waals surface area contributed by atoms with Gasteiger partial charge in [-0.3, -0.25) is 4.79 Å². The highest BCUT2D eigenvalue weighted by Crippen LogP contribution is 2.39. The van der Waals surface area contributed by atoms with Gasteiger partial charge in [0.2, 0.25) is 0 Å². The molecule has 0 heterocycles. The predicted octanol–water partition coefficient (Wildman–Crippen LogP) is 2.97. The molecule has 1 aliphatic carbocycles. The van der Waals surface area contributed by atoms with Crippen LogP contribution in [-0.4, -0.2) is 40.4 Å². The van der Waals surface area contributed by atoms with Gasteiger partial charge in [0.15, 0.2) is 5.60 Å². The number of aliphatic carboxylic acids is 1. The normalized spacial score (nSPS) is 16.9. The van der Waals surface area contributed by atoms with E-state index in [1.54, 1.807) is 48.5 Å². The van der Waals surface area contributed by atoms with Crippen LogP contribution in [0.3, 0.4) is 0 Å². The Labute approximate surface area is 182 Å². The summed E-state index contributed by atoms with van der Waals surface area (Å²) >= 11 is 0. The number of aromatic hydroxyl groups is 1. The largest absolute Gasteiger partial charge is 0.508 e. The molecule has 3 rings (SSSR count). The number of phenolic OH excluding ortho intramolecular Hbond substituents is 1. The van der Waals surface area contributed by atoms with Gasteiger partial charge in [-0.1, -0.05) is 61.7 Å². The number of hydrogen-bond donors (Lipinski definition) is 4. The maximum Gasteiger partial charge on any atom is 0.340 e. The molecule has 168 valence electrons. The summed E-state index contributed by atoms with van der Waals surface area (Å²) in [5.74, 6) is -1.54. The third-order valence-electron chi connectivity index (χ3n) is 5.63. The van der Waals surface area contributed by atoms with Crippen LogP contribution in [0, 0.1) is 5.92 Å². The smallest absolute Gasteiger partial charge is 0.340 e. The first kappa shape index (κ1) is 24.4. The van der Waals surface area contributed by atoms with Gasteiger partial charge in [0.1, 0.15) is 11.8 Å². The number of methoxy groups -OCH3 is 1. The van der Waals surface area contributed by atoms with Gasteiger partial charge in [-0.15, -0.1) is 0 Å². The lowest BCUT2D eigenvalue weighted by molar-refractivity contribution is -0.168. The van der Waals surface area contributed by atoms with Crippen LogP contribution in [0.25, 0.3) is 0 Å². The van der Waals surface area contributed by atoms with E-state index in [-0.39, 0.29) is 11.7 Å². The molecule has 0 spiro atoms. The molecule has 0 unspecified atom stereocenters. The molecule has 0 radical (unpaired) electrons. The summed E-state index contributed by atoms with van der Waals surface area (Å²) in [5, 5.41) is 29.0. The van der Waals surface area contributed by atoms with Crippen LogP contribution >= 0.6 is 0 Å². The number of carbonyl (C=O) groups excluding carboxylic acids is 1. The summed E-state index contributed by atoms with van der Waals surface area (Å²) < 4.78 is 4.49. The lowest BCUT2D eigenvalue weighted by Gasteiger charge is -2.35. The third-order valence-corrected chi connectivity index (χ3v) is 5.63. The highest BCUT2D eigenvalue weighted by atomic mass is 16.5. The van der Waals surface area contributed by atoms with Crippen molar-refractivity contribution in [3.63, 3.8) is 0 Å². The number of phenols is 1. The molecule has 0 aliphatic heterocycles. The van der Waals surface area contributed by atoms with E-state index >= 15 is 0 Å². The average Bonchev–Trinajstić information content (AvgIpc) is 2.80. The molecule has 2 aromatic rings. The summed E-state index contributed by atoms with van der Waals surface area (Å²) in [6.07, 6.45) is 5.14. The standard InChI is InChI=1S/C14H18O3.C10H13NO3/c15-13(16)14(17,11-7-3-1-4-8-11)12-9-5-2-6-10-12;1-14-10(13)9(11)6-7-2-4-8(12)5-3-7/h1,3-4,7-8,12,17H,2,5-6,9-10H2,(H,15,16);2-5,9,12H,6,11H2,1H3/t14-;9-/m01/s1. The summed E-state index contributed by atoms with van der Waals surface area (Å²) in [4.78, 5) is 22.5. The predicted molar refractivity (Wildman–Crippen MR) is 116 cm³/mol. The molecule has 1 saturated carbocycles. The Balaban J connectivity index is 0.000000225. The summed E-state index contributed by atoms with van der Waals surface area (Å²) in [6, 6.07) is 14.7. The second kappa shape index (κ2) is 11.5. The molecule has 2 atom stereocenters. The van der Waals surface area contributed by atoms with E-state index in [1.165, 1.54) is 7.11 Å². The van der Waals surface area contributed by atoms with E-state index in [0.717, 1.165) is 37.7 Å². The van der Waals surface area contributed by atoms with Crippen LogP contribution in [-0.2, 0) is 26.3 Å². The van der Waals surface area contributed by atoms with E-state index in [0.29, 0.717) is 12.0 Å². The molecule has 1 fully saturated rings. The van der Waals surface area contributed by atoms with Gasteiger partial charge in [0, 0.05) is 5.92 Å². The zero-order chi connectivity index (χ0) is 22.9. The van der Waals surface area contributed by atoms with Crippen LogP contribution in [0.15, 0.2) is 54.6 Å².